The fraction of sp³-hybridized carbons (Fsp3) is 0.0204. The number of aromatic nitrogens is 3. The lowest BCUT2D eigenvalue weighted by Crippen LogP contribution is -2.08. The first-order valence-electron chi connectivity index (χ1n) is 18.0. The molecule has 5 heteroatoms. The van der Waals surface area contributed by atoms with E-state index in [-0.39, 0.29) is 0 Å². The maximum Gasteiger partial charge on any atom is 0.137 e. The second-order valence-electron chi connectivity index (χ2n) is 13.1. The Balaban J connectivity index is 1.14. The van der Waals surface area contributed by atoms with Crippen LogP contribution in [-0.2, 0) is 6.54 Å². The van der Waals surface area contributed by atoms with Crippen LogP contribution in [0.4, 0.5) is 0 Å². The molecule has 0 aliphatic carbocycles. The molecular weight excluding hydrogens is 659 g/mol. The zero-order chi connectivity index (χ0) is 36.3. The molecule has 0 amide bonds. The van der Waals surface area contributed by atoms with E-state index in [9.17, 15) is 0 Å². The Bertz CT molecular complexity index is 2850. The van der Waals surface area contributed by atoms with Gasteiger partial charge in [0.25, 0.3) is 0 Å². The van der Waals surface area contributed by atoms with Crippen LogP contribution in [0, 0.1) is 0 Å². The highest BCUT2D eigenvalue weighted by molar-refractivity contribution is 6.37. The molecule has 3 aromatic heterocycles. The van der Waals surface area contributed by atoms with E-state index in [2.05, 4.69) is 144 Å². The average molecular weight is 694 g/mol. The molecular formula is C49H35N5. The van der Waals surface area contributed by atoms with E-state index in [0.717, 1.165) is 89.2 Å². The molecule has 0 atom stereocenters. The van der Waals surface area contributed by atoms with E-state index in [0.29, 0.717) is 6.54 Å². The number of aliphatic imine (C=N–C) groups is 2. The fourth-order valence-electron chi connectivity index (χ4n) is 7.23. The second kappa shape index (κ2) is 14.4. The highest BCUT2D eigenvalue weighted by atomic mass is 15.0. The number of hydrogen-bond donors (Lipinski definition) is 0. The molecule has 0 unspecified atom stereocenters. The van der Waals surface area contributed by atoms with Crippen molar-refractivity contribution in [1.29, 1.82) is 0 Å². The van der Waals surface area contributed by atoms with Gasteiger partial charge in [-0.2, -0.15) is 0 Å². The Morgan fingerprint density at radius 1 is 0.556 bits per heavy atom. The van der Waals surface area contributed by atoms with Gasteiger partial charge < -0.3 is 0 Å². The van der Waals surface area contributed by atoms with E-state index in [1.807, 2.05) is 60.7 Å². The van der Waals surface area contributed by atoms with Crippen LogP contribution in [-0.4, -0.2) is 26.8 Å². The van der Waals surface area contributed by atoms with Gasteiger partial charge in [-0.25, -0.2) is 9.97 Å². The SMILES string of the molecule is C=N/C(=C(\C(=N/Cc1cccc(-c2cccc(-c3nc4ccccc4c4nc5ccccn5c34)c2)c1)c1ccccc1)c1ccccc1)c1ccccc1. The van der Waals surface area contributed by atoms with E-state index in [4.69, 9.17) is 15.0 Å². The topological polar surface area (TPSA) is 54.9 Å². The fourth-order valence-corrected chi connectivity index (χ4v) is 7.23. The summed E-state index contributed by atoms with van der Waals surface area (Å²) in [5.74, 6) is 0. The summed E-state index contributed by atoms with van der Waals surface area (Å²) in [5, 5.41) is 1.05. The lowest BCUT2D eigenvalue weighted by atomic mass is 9.91. The number of allylic oxidation sites excluding steroid dienone is 1. The van der Waals surface area contributed by atoms with E-state index in [1.165, 1.54) is 0 Å². The Hall–Kier alpha value is -7.24. The highest BCUT2D eigenvalue weighted by Crippen LogP contribution is 2.35. The monoisotopic (exact) mass is 693 g/mol. The summed E-state index contributed by atoms with van der Waals surface area (Å²) < 4.78 is 2.14. The van der Waals surface area contributed by atoms with Crippen molar-refractivity contribution < 1.29 is 0 Å². The van der Waals surface area contributed by atoms with Crippen LogP contribution in [0.1, 0.15) is 22.3 Å². The Morgan fingerprint density at radius 3 is 1.94 bits per heavy atom. The number of hydrogen-bond acceptors (Lipinski definition) is 4. The number of fused-ring (bicyclic) bond motifs is 5. The van der Waals surface area contributed by atoms with Crippen LogP contribution in [0.15, 0.2) is 198 Å². The van der Waals surface area contributed by atoms with Crippen LogP contribution >= 0.6 is 0 Å². The summed E-state index contributed by atoms with van der Waals surface area (Å²) in [6.07, 6.45) is 2.06. The molecule has 5 nitrogen and oxygen atoms in total. The maximum absolute atomic E-state index is 5.37. The molecule has 54 heavy (non-hydrogen) atoms. The zero-order valence-electron chi connectivity index (χ0n) is 29.5. The summed E-state index contributed by atoms with van der Waals surface area (Å²) in [6.45, 7) is 4.50. The summed E-state index contributed by atoms with van der Waals surface area (Å²) >= 11 is 0. The van der Waals surface area contributed by atoms with Crippen LogP contribution in [0.5, 0.6) is 0 Å². The van der Waals surface area contributed by atoms with Crippen LogP contribution in [0.2, 0.25) is 0 Å². The lowest BCUT2D eigenvalue weighted by molar-refractivity contribution is 1.07. The normalized spacial score (nSPS) is 12.3. The summed E-state index contributed by atoms with van der Waals surface area (Å²) in [6, 6.07) is 62.5. The Labute approximate surface area is 314 Å². The summed E-state index contributed by atoms with van der Waals surface area (Å²) in [7, 11) is 0. The lowest BCUT2D eigenvalue weighted by Gasteiger charge is -2.17. The molecule has 0 radical (unpaired) electrons. The second-order valence-corrected chi connectivity index (χ2v) is 13.1. The molecule has 6 aromatic carbocycles. The Morgan fingerprint density at radius 2 is 1.19 bits per heavy atom. The number of imidazole rings is 1. The number of benzene rings is 6. The maximum atomic E-state index is 5.37. The van der Waals surface area contributed by atoms with Gasteiger partial charge in [-0.05, 0) is 59.3 Å². The molecule has 0 N–H and O–H groups in total. The van der Waals surface area contributed by atoms with Gasteiger partial charge in [0, 0.05) is 33.8 Å². The van der Waals surface area contributed by atoms with Crippen molar-refractivity contribution in [2.24, 2.45) is 9.98 Å². The van der Waals surface area contributed by atoms with Crippen molar-refractivity contribution in [3.63, 3.8) is 0 Å². The first kappa shape index (κ1) is 32.7. The van der Waals surface area contributed by atoms with Gasteiger partial charge in [0.05, 0.1) is 34.7 Å². The molecule has 0 aliphatic heterocycles. The third kappa shape index (κ3) is 6.18. The van der Waals surface area contributed by atoms with E-state index in [1.54, 1.807) is 0 Å². The molecule has 0 aliphatic rings. The molecule has 0 saturated heterocycles. The van der Waals surface area contributed by atoms with Crippen molar-refractivity contribution in [2.45, 2.75) is 6.54 Å². The van der Waals surface area contributed by atoms with Gasteiger partial charge >= 0.3 is 0 Å². The molecule has 0 fully saturated rings. The molecule has 256 valence electrons. The first-order chi connectivity index (χ1) is 26.7. The third-order valence-corrected chi connectivity index (χ3v) is 9.75. The third-order valence-electron chi connectivity index (χ3n) is 9.75. The minimum atomic E-state index is 0.474. The summed E-state index contributed by atoms with van der Waals surface area (Å²) in [4.78, 5) is 20.2. The molecule has 9 rings (SSSR count). The molecule has 0 bridgehead atoms. The van der Waals surface area contributed by atoms with Crippen molar-refractivity contribution >= 4 is 51.3 Å². The molecule has 9 aromatic rings. The molecule has 0 spiro atoms. The van der Waals surface area contributed by atoms with Crippen LogP contribution in [0.25, 0.3) is 61.2 Å². The van der Waals surface area contributed by atoms with Gasteiger partial charge in [0.2, 0.25) is 0 Å². The van der Waals surface area contributed by atoms with Crippen LogP contribution < -0.4 is 0 Å². The predicted molar refractivity (Wildman–Crippen MR) is 225 cm³/mol. The van der Waals surface area contributed by atoms with Crippen LogP contribution in [0.3, 0.4) is 0 Å². The van der Waals surface area contributed by atoms with Gasteiger partial charge in [-0.1, -0.05) is 152 Å². The zero-order valence-corrected chi connectivity index (χ0v) is 29.5. The number of rotatable bonds is 9. The smallest absolute Gasteiger partial charge is 0.137 e. The Kier molecular flexibility index (Phi) is 8.71. The standard InChI is InChI=1S/C49H35N5/c1-50-45(36-20-7-3-8-21-36)44(35-18-5-2-6-19-35)46(37-22-9-4-10-23-37)51-33-34-17-15-24-38(31-34)39-25-16-26-40(32-39)47-49-48(41-27-11-12-28-42(41)52-47)53-43-29-13-14-30-54(43)49/h2-32H,1,33H2/b45-44-,51-46-. The first-order valence-corrected chi connectivity index (χ1v) is 18.0. The van der Waals surface area contributed by atoms with Gasteiger partial charge in [0.15, 0.2) is 0 Å². The average Bonchev–Trinajstić information content (AvgIpc) is 3.64. The quantitative estimate of drug-likeness (QED) is 0.112. The summed E-state index contributed by atoms with van der Waals surface area (Å²) in [5.41, 5.74) is 14.6. The van der Waals surface area contributed by atoms with E-state index < -0.39 is 0 Å². The van der Waals surface area contributed by atoms with Crippen molar-refractivity contribution in [3.8, 4) is 22.4 Å². The largest absolute Gasteiger partial charge is 0.298 e. The number of para-hydroxylation sites is 1. The predicted octanol–water partition coefficient (Wildman–Crippen LogP) is 11.6. The van der Waals surface area contributed by atoms with Gasteiger partial charge in [-0.3, -0.25) is 14.4 Å². The van der Waals surface area contributed by atoms with E-state index >= 15 is 0 Å². The number of pyridine rings is 2. The van der Waals surface area contributed by atoms with Crippen molar-refractivity contribution in [2.75, 3.05) is 0 Å². The minimum Gasteiger partial charge on any atom is -0.298 e. The number of nitrogens with zero attached hydrogens (tertiary/aromatic N) is 5. The molecule has 3 heterocycles. The highest BCUT2D eigenvalue weighted by Gasteiger charge is 2.20. The minimum absolute atomic E-state index is 0.474. The van der Waals surface area contributed by atoms with Crippen molar-refractivity contribution in [3.05, 3.63) is 210 Å². The van der Waals surface area contributed by atoms with Gasteiger partial charge in [-0.15, -0.1) is 0 Å². The van der Waals surface area contributed by atoms with Gasteiger partial charge in [0.1, 0.15) is 11.2 Å². The van der Waals surface area contributed by atoms with Crippen molar-refractivity contribution in [1.82, 2.24) is 14.4 Å². The molecule has 0 saturated carbocycles.